The minimum Gasteiger partial charge on any atom is -0.402 e. The van der Waals surface area contributed by atoms with Gasteiger partial charge in [-0.25, -0.2) is 0 Å². The van der Waals surface area contributed by atoms with Gasteiger partial charge in [-0.1, -0.05) is 11.6 Å². The van der Waals surface area contributed by atoms with Crippen molar-refractivity contribution in [2.75, 3.05) is 0 Å². The molecule has 56 valence electrons. The third-order valence-electron chi connectivity index (χ3n) is 1.75. The summed E-state index contributed by atoms with van der Waals surface area (Å²) in [7, 11) is 0. The third-order valence-corrected chi connectivity index (χ3v) is 2.08. The Balaban J connectivity index is 2.64. The smallest absolute Gasteiger partial charge is 0.0201 e. The molecule has 0 bridgehead atoms. The van der Waals surface area contributed by atoms with Gasteiger partial charge in [-0.2, -0.15) is 12.6 Å². The molecule has 1 unspecified atom stereocenters. The van der Waals surface area contributed by atoms with E-state index in [1.807, 2.05) is 6.08 Å². The van der Waals surface area contributed by atoms with Crippen LogP contribution in [-0.2, 0) is 0 Å². The van der Waals surface area contributed by atoms with Gasteiger partial charge in [-0.05, 0) is 25.8 Å². The van der Waals surface area contributed by atoms with Gasteiger partial charge < -0.3 is 5.73 Å². The first-order valence-electron chi connectivity index (χ1n) is 3.53. The Bertz CT molecular complexity index is 180. The van der Waals surface area contributed by atoms with E-state index in [-0.39, 0.29) is 0 Å². The Morgan fingerprint density at radius 3 is 2.60 bits per heavy atom. The Labute approximate surface area is 67.4 Å². The second-order valence-electron chi connectivity index (χ2n) is 2.66. The molecular weight excluding hydrogens is 142 g/mol. The highest BCUT2D eigenvalue weighted by atomic mass is 32.1. The normalized spacial score (nSPS) is 21.4. The van der Waals surface area contributed by atoms with Crippen LogP contribution in [0.2, 0.25) is 0 Å². The van der Waals surface area contributed by atoms with Crippen LogP contribution in [0, 0.1) is 0 Å². The number of thiol groups is 1. The van der Waals surface area contributed by atoms with Gasteiger partial charge >= 0.3 is 0 Å². The molecule has 1 aliphatic carbocycles. The van der Waals surface area contributed by atoms with E-state index < -0.39 is 0 Å². The minimum atomic E-state index is 0.379. The molecule has 0 radical (unpaired) electrons. The van der Waals surface area contributed by atoms with E-state index >= 15 is 0 Å². The summed E-state index contributed by atoms with van der Waals surface area (Å²) in [6.45, 7) is 2.09. The lowest BCUT2D eigenvalue weighted by molar-refractivity contribution is 0.857. The molecule has 1 atom stereocenters. The molecule has 0 aliphatic heterocycles. The van der Waals surface area contributed by atoms with Crippen molar-refractivity contribution in [3.05, 3.63) is 23.4 Å². The summed E-state index contributed by atoms with van der Waals surface area (Å²) >= 11 is 4.33. The lowest BCUT2D eigenvalue weighted by Crippen LogP contribution is -2.06. The van der Waals surface area contributed by atoms with E-state index in [4.69, 9.17) is 5.73 Å². The van der Waals surface area contributed by atoms with E-state index in [1.54, 1.807) is 0 Å². The minimum absolute atomic E-state index is 0.379. The van der Waals surface area contributed by atoms with Gasteiger partial charge in [0.25, 0.3) is 0 Å². The summed E-state index contributed by atoms with van der Waals surface area (Å²) in [5.41, 5.74) is 7.96. The Morgan fingerprint density at radius 2 is 2.20 bits per heavy atom. The molecule has 0 aromatic rings. The average Bonchev–Trinajstić information content (AvgIpc) is 1.88. The molecule has 0 heterocycles. The summed E-state index contributed by atoms with van der Waals surface area (Å²) in [5.74, 6) is 0. The second-order valence-corrected chi connectivity index (χ2v) is 3.43. The zero-order valence-corrected chi connectivity index (χ0v) is 7.07. The fourth-order valence-electron chi connectivity index (χ4n) is 1.02. The Kier molecular flexibility index (Phi) is 2.44. The first-order chi connectivity index (χ1) is 4.70. The molecule has 1 nitrogen and oxygen atoms in total. The SMILES string of the molecule is CC(S)C1=CC=C(N)CC1. The van der Waals surface area contributed by atoms with Crippen molar-refractivity contribution in [2.45, 2.75) is 25.0 Å². The van der Waals surface area contributed by atoms with E-state index in [0.717, 1.165) is 18.5 Å². The van der Waals surface area contributed by atoms with Crippen LogP contribution in [0.5, 0.6) is 0 Å². The topological polar surface area (TPSA) is 26.0 Å². The van der Waals surface area contributed by atoms with Gasteiger partial charge in [-0.15, -0.1) is 0 Å². The second kappa shape index (κ2) is 3.15. The van der Waals surface area contributed by atoms with Gasteiger partial charge in [-0.3, -0.25) is 0 Å². The van der Waals surface area contributed by atoms with Crippen molar-refractivity contribution in [2.24, 2.45) is 5.73 Å². The van der Waals surface area contributed by atoms with Crippen molar-refractivity contribution < 1.29 is 0 Å². The zero-order valence-electron chi connectivity index (χ0n) is 6.17. The highest BCUT2D eigenvalue weighted by Crippen LogP contribution is 2.20. The molecule has 0 amide bonds. The van der Waals surface area contributed by atoms with E-state index in [1.165, 1.54) is 5.57 Å². The standard InChI is InChI=1S/C8H13NS/c1-6(10)7-2-4-8(9)5-3-7/h2,4,6,10H,3,5,9H2,1H3. The van der Waals surface area contributed by atoms with Crippen LogP contribution in [-0.4, -0.2) is 5.25 Å². The molecule has 2 heteroatoms. The van der Waals surface area contributed by atoms with Crippen LogP contribution >= 0.6 is 12.6 Å². The molecule has 0 aromatic carbocycles. The van der Waals surface area contributed by atoms with Gasteiger partial charge in [0.05, 0.1) is 0 Å². The van der Waals surface area contributed by atoms with Crippen LogP contribution in [0.1, 0.15) is 19.8 Å². The average molecular weight is 155 g/mol. The van der Waals surface area contributed by atoms with Gasteiger partial charge in [0.1, 0.15) is 0 Å². The third kappa shape index (κ3) is 1.81. The number of hydrogen-bond acceptors (Lipinski definition) is 2. The van der Waals surface area contributed by atoms with E-state index in [2.05, 4.69) is 25.6 Å². The molecule has 0 spiro atoms. The zero-order chi connectivity index (χ0) is 7.56. The summed E-state index contributed by atoms with van der Waals surface area (Å²) in [6.07, 6.45) is 6.13. The Morgan fingerprint density at radius 1 is 1.50 bits per heavy atom. The van der Waals surface area contributed by atoms with Crippen LogP contribution in [0.3, 0.4) is 0 Å². The largest absolute Gasteiger partial charge is 0.402 e. The fourth-order valence-corrected chi connectivity index (χ4v) is 1.23. The van der Waals surface area contributed by atoms with Crippen molar-refractivity contribution in [3.8, 4) is 0 Å². The molecule has 0 aromatic heterocycles. The van der Waals surface area contributed by atoms with Crippen LogP contribution in [0.4, 0.5) is 0 Å². The molecule has 10 heavy (non-hydrogen) atoms. The van der Waals surface area contributed by atoms with Crippen molar-refractivity contribution in [3.63, 3.8) is 0 Å². The summed E-state index contributed by atoms with van der Waals surface area (Å²) < 4.78 is 0. The van der Waals surface area contributed by atoms with Crippen molar-refractivity contribution in [1.29, 1.82) is 0 Å². The molecule has 0 saturated carbocycles. The number of hydrogen-bond donors (Lipinski definition) is 2. The maximum Gasteiger partial charge on any atom is 0.0201 e. The van der Waals surface area contributed by atoms with Crippen LogP contribution in [0.25, 0.3) is 0 Å². The molecule has 0 fully saturated rings. The molecule has 0 saturated heterocycles. The summed E-state index contributed by atoms with van der Waals surface area (Å²) in [6, 6.07) is 0. The highest BCUT2D eigenvalue weighted by molar-refractivity contribution is 7.81. The summed E-state index contributed by atoms with van der Waals surface area (Å²) in [5, 5.41) is 0.379. The molecule has 1 aliphatic rings. The number of rotatable bonds is 1. The van der Waals surface area contributed by atoms with Gasteiger partial charge in [0.15, 0.2) is 0 Å². The van der Waals surface area contributed by atoms with Gasteiger partial charge in [0, 0.05) is 10.9 Å². The van der Waals surface area contributed by atoms with E-state index in [9.17, 15) is 0 Å². The number of allylic oxidation sites excluding steroid dienone is 3. The van der Waals surface area contributed by atoms with Crippen molar-refractivity contribution >= 4 is 12.6 Å². The fraction of sp³-hybridized carbons (Fsp3) is 0.500. The van der Waals surface area contributed by atoms with Crippen LogP contribution in [0.15, 0.2) is 23.4 Å². The van der Waals surface area contributed by atoms with Crippen molar-refractivity contribution in [1.82, 2.24) is 0 Å². The summed E-state index contributed by atoms with van der Waals surface area (Å²) in [4.78, 5) is 0. The molecule has 2 N–H and O–H groups in total. The quantitative estimate of drug-likeness (QED) is 0.555. The first-order valence-corrected chi connectivity index (χ1v) is 4.05. The predicted molar refractivity (Wildman–Crippen MR) is 48.0 cm³/mol. The lowest BCUT2D eigenvalue weighted by atomic mass is 10.0. The maximum atomic E-state index is 5.59. The van der Waals surface area contributed by atoms with Gasteiger partial charge in [0.2, 0.25) is 0 Å². The molecular formula is C8H13NS. The highest BCUT2D eigenvalue weighted by Gasteiger charge is 2.06. The monoisotopic (exact) mass is 155 g/mol. The van der Waals surface area contributed by atoms with E-state index in [0.29, 0.717) is 5.25 Å². The Hall–Kier alpha value is -0.370. The first kappa shape index (κ1) is 7.73. The number of nitrogens with two attached hydrogens (primary N) is 1. The maximum absolute atomic E-state index is 5.59. The lowest BCUT2D eigenvalue weighted by Gasteiger charge is -2.13. The molecule has 1 rings (SSSR count). The predicted octanol–water partition coefficient (Wildman–Crippen LogP) is 1.87. The van der Waals surface area contributed by atoms with Crippen LogP contribution < -0.4 is 5.73 Å².